The van der Waals surface area contributed by atoms with Gasteiger partial charge in [0.15, 0.2) is 0 Å². The van der Waals surface area contributed by atoms with E-state index in [1.807, 2.05) is 20.8 Å². The topological polar surface area (TPSA) is 63.2 Å². The number of rotatable bonds is 4. The molecule has 0 aromatic heterocycles. The molecule has 0 bridgehead atoms. The molecule has 112 valence electrons. The minimum Gasteiger partial charge on any atom is -0.347 e. The predicted octanol–water partition coefficient (Wildman–Crippen LogP) is 3.84. The van der Waals surface area contributed by atoms with Gasteiger partial charge in [-0.05, 0) is 32.4 Å². The van der Waals surface area contributed by atoms with Crippen LogP contribution in [0.25, 0.3) is 0 Å². The lowest BCUT2D eigenvalue weighted by atomic mass is 10.0. The third-order valence-corrected chi connectivity index (χ3v) is 5.07. The van der Waals surface area contributed by atoms with Gasteiger partial charge in [-0.25, -0.2) is 8.42 Å². The largest absolute Gasteiger partial charge is 0.347 e. The first-order valence-corrected chi connectivity index (χ1v) is 8.81. The van der Waals surface area contributed by atoms with Crippen molar-refractivity contribution in [1.29, 1.82) is 0 Å². The van der Waals surface area contributed by atoms with E-state index >= 15 is 0 Å². The molecule has 0 heterocycles. The van der Waals surface area contributed by atoms with E-state index in [0.717, 1.165) is 6.07 Å². The van der Waals surface area contributed by atoms with Crippen LogP contribution in [0.3, 0.4) is 0 Å². The minimum absolute atomic E-state index is 0.0588. The SMILES string of the molecule is CCC(C)(C)NC(=O)c1c(Cl)ccc(S(=O)(=O)Cl)c1Cl. The van der Waals surface area contributed by atoms with Gasteiger partial charge in [-0.15, -0.1) is 0 Å². The predicted molar refractivity (Wildman–Crippen MR) is 81.3 cm³/mol. The molecule has 4 nitrogen and oxygen atoms in total. The van der Waals surface area contributed by atoms with E-state index in [0.29, 0.717) is 6.42 Å². The monoisotopic (exact) mass is 357 g/mol. The van der Waals surface area contributed by atoms with Crippen molar-refractivity contribution in [2.45, 2.75) is 37.6 Å². The minimum atomic E-state index is -4.05. The summed E-state index contributed by atoms with van der Waals surface area (Å²) in [5.74, 6) is -0.547. The Balaban J connectivity index is 3.35. The molecule has 0 spiro atoms. The molecule has 0 aliphatic carbocycles. The first-order chi connectivity index (χ1) is 8.99. The second-order valence-corrected chi connectivity index (χ2v) is 8.18. The Kier molecular flexibility index (Phi) is 5.35. The van der Waals surface area contributed by atoms with Crippen LogP contribution in [-0.4, -0.2) is 19.9 Å². The number of benzene rings is 1. The molecule has 8 heteroatoms. The van der Waals surface area contributed by atoms with Crippen LogP contribution in [0.1, 0.15) is 37.6 Å². The normalized spacial score (nSPS) is 12.3. The average Bonchev–Trinajstić information content (AvgIpc) is 2.26. The van der Waals surface area contributed by atoms with E-state index in [4.69, 9.17) is 33.9 Å². The van der Waals surface area contributed by atoms with Crippen LogP contribution in [0.5, 0.6) is 0 Å². The van der Waals surface area contributed by atoms with Crippen LogP contribution in [0, 0.1) is 0 Å². The molecular formula is C12H14Cl3NO3S. The third kappa shape index (κ3) is 4.01. The Hall–Kier alpha value is -0.490. The molecule has 20 heavy (non-hydrogen) atoms. The zero-order valence-corrected chi connectivity index (χ0v) is 14.2. The van der Waals surface area contributed by atoms with Gasteiger partial charge in [-0.2, -0.15) is 0 Å². The molecule has 0 saturated carbocycles. The highest BCUT2D eigenvalue weighted by Crippen LogP contribution is 2.33. The second-order valence-electron chi connectivity index (χ2n) is 4.86. The first kappa shape index (κ1) is 17.6. The van der Waals surface area contributed by atoms with Gasteiger partial charge in [0.25, 0.3) is 15.0 Å². The van der Waals surface area contributed by atoms with Crippen molar-refractivity contribution in [3.8, 4) is 0 Å². The van der Waals surface area contributed by atoms with Crippen LogP contribution in [0.15, 0.2) is 17.0 Å². The molecule has 0 atom stereocenters. The van der Waals surface area contributed by atoms with E-state index in [1.165, 1.54) is 6.07 Å². The summed E-state index contributed by atoms with van der Waals surface area (Å²) in [6.07, 6.45) is 0.682. The number of carbonyl (C=O) groups excluding carboxylic acids is 1. The summed E-state index contributed by atoms with van der Waals surface area (Å²) in [6, 6.07) is 2.44. The Morgan fingerprint density at radius 2 is 1.85 bits per heavy atom. The summed E-state index contributed by atoms with van der Waals surface area (Å²) in [5, 5.41) is 2.51. The number of hydrogen-bond donors (Lipinski definition) is 1. The lowest BCUT2D eigenvalue weighted by molar-refractivity contribution is 0.0911. The molecule has 1 aromatic carbocycles. The smallest absolute Gasteiger partial charge is 0.262 e. The summed E-state index contributed by atoms with van der Waals surface area (Å²) in [7, 11) is 1.21. The molecule has 0 fully saturated rings. The van der Waals surface area contributed by atoms with Crippen LogP contribution in [0.4, 0.5) is 0 Å². The van der Waals surface area contributed by atoms with Crippen molar-refractivity contribution < 1.29 is 13.2 Å². The van der Waals surface area contributed by atoms with Crippen LogP contribution >= 0.6 is 33.9 Å². The number of amides is 1. The second kappa shape index (κ2) is 6.10. The van der Waals surface area contributed by atoms with Crippen molar-refractivity contribution in [3.63, 3.8) is 0 Å². The number of carbonyl (C=O) groups is 1. The summed E-state index contributed by atoms with van der Waals surface area (Å²) in [5.41, 5.74) is -0.573. The van der Waals surface area contributed by atoms with Gasteiger partial charge in [0, 0.05) is 16.2 Å². The van der Waals surface area contributed by atoms with Crippen LogP contribution < -0.4 is 5.32 Å². The fourth-order valence-electron chi connectivity index (χ4n) is 1.39. The highest BCUT2D eigenvalue weighted by Gasteiger charge is 2.26. The van der Waals surface area contributed by atoms with Crippen molar-refractivity contribution in [1.82, 2.24) is 5.32 Å². The highest BCUT2D eigenvalue weighted by atomic mass is 35.7. The van der Waals surface area contributed by atoms with E-state index < -0.39 is 20.5 Å². The standard InChI is InChI=1S/C12H14Cl3NO3S/c1-4-12(2,3)16-11(17)9-7(13)5-6-8(10(9)14)20(15,18)19/h5-6H,4H2,1-3H3,(H,16,17). The van der Waals surface area contributed by atoms with Crippen LogP contribution in [0.2, 0.25) is 10.0 Å². The Labute approximate surface area is 132 Å². The molecule has 1 N–H and O–H groups in total. The zero-order valence-electron chi connectivity index (χ0n) is 11.1. The van der Waals surface area contributed by atoms with E-state index in [2.05, 4.69) is 5.32 Å². The van der Waals surface area contributed by atoms with Crippen molar-refractivity contribution in [2.75, 3.05) is 0 Å². The van der Waals surface area contributed by atoms with Gasteiger partial charge in [0.2, 0.25) is 0 Å². The third-order valence-electron chi connectivity index (χ3n) is 2.88. The molecule has 0 saturated heterocycles. The molecule has 1 rings (SSSR count). The van der Waals surface area contributed by atoms with Gasteiger partial charge in [-0.3, -0.25) is 4.79 Å². The van der Waals surface area contributed by atoms with E-state index in [1.54, 1.807) is 0 Å². The number of hydrogen-bond acceptors (Lipinski definition) is 3. The zero-order chi connectivity index (χ0) is 15.7. The average molecular weight is 359 g/mol. The molecule has 0 aliphatic rings. The van der Waals surface area contributed by atoms with Crippen molar-refractivity contribution in [3.05, 3.63) is 27.7 Å². The maximum absolute atomic E-state index is 12.2. The number of halogens is 3. The molecule has 0 aliphatic heterocycles. The molecular weight excluding hydrogens is 345 g/mol. The molecule has 1 amide bonds. The first-order valence-electron chi connectivity index (χ1n) is 5.75. The fraction of sp³-hybridized carbons (Fsp3) is 0.417. The van der Waals surface area contributed by atoms with E-state index in [9.17, 15) is 13.2 Å². The van der Waals surface area contributed by atoms with Crippen molar-refractivity contribution in [2.24, 2.45) is 0 Å². The van der Waals surface area contributed by atoms with Crippen LogP contribution in [-0.2, 0) is 9.05 Å². The Morgan fingerprint density at radius 1 is 1.30 bits per heavy atom. The lowest BCUT2D eigenvalue weighted by Gasteiger charge is -2.25. The quantitative estimate of drug-likeness (QED) is 0.832. The van der Waals surface area contributed by atoms with Gasteiger partial charge in [0.1, 0.15) is 4.90 Å². The maximum Gasteiger partial charge on any atom is 0.262 e. The summed E-state index contributed by atoms with van der Waals surface area (Å²) in [6.45, 7) is 5.56. The molecule has 0 radical (unpaired) electrons. The van der Waals surface area contributed by atoms with Crippen molar-refractivity contribution >= 4 is 48.8 Å². The van der Waals surface area contributed by atoms with Gasteiger partial charge < -0.3 is 5.32 Å². The molecule has 1 aromatic rings. The van der Waals surface area contributed by atoms with Gasteiger partial charge in [0.05, 0.1) is 15.6 Å². The number of nitrogens with one attached hydrogen (secondary N) is 1. The summed E-state index contributed by atoms with van der Waals surface area (Å²) >= 11 is 11.9. The molecule has 0 unspecified atom stereocenters. The fourth-order valence-corrected chi connectivity index (χ4v) is 3.29. The maximum atomic E-state index is 12.2. The van der Waals surface area contributed by atoms with E-state index in [-0.39, 0.29) is 20.5 Å². The Morgan fingerprint density at radius 3 is 2.30 bits per heavy atom. The lowest BCUT2D eigenvalue weighted by Crippen LogP contribution is -2.43. The highest BCUT2D eigenvalue weighted by molar-refractivity contribution is 8.13. The van der Waals surface area contributed by atoms with Gasteiger partial charge >= 0.3 is 0 Å². The summed E-state index contributed by atoms with van der Waals surface area (Å²) < 4.78 is 22.8. The van der Waals surface area contributed by atoms with Gasteiger partial charge in [-0.1, -0.05) is 30.1 Å². The summed E-state index contributed by atoms with van der Waals surface area (Å²) in [4.78, 5) is 11.9. The Bertz CT molecular complexity index is 642.